The molecule has 1 aromatic heterocycles. The Morgan fingerprint density at radius 2 is 1.78 bits per heavy atom. The maximum absolute atomic E-state index is 6.31. The summed E-state index contributed by atoms with van der Waals surface area (Å²) in [5.74, 6) is 1.49. The first kappa shape index (κ1) is 27.9. The van der Waals surface area contributed by atoms with Crippen LogP contribution in [0.3, 0.4) is 0 Å². The summed E-state index contributed by atoms with van der Waals surface area (Å²) in [4.78, 5) is 11.7. The summed E-state index contributed by atoms with van der Waals surface area (Å²) in [5.41, 5.74) is 7.05. The molecule has 0 aliphatic carbocycles. The van der Waals surface area contributed by atoms with E-state index >= 15 is 0 Å². The van der Waals surface area contributed by atoms with Crippen molar-refractivity contribution >= 4 is 11.6 Å². The molecule has 36 heavy (non-hydrogen) atoms. The van der Waals surface area contributed by atoms with E-state index in [0.717, 1.165) is 66.7 Å². The molecule has 1 saturated heterocycles. The fraction of sp³-hybridized carbons (Fsp3) is 0.419. The molecule has 4 rings (SSSR count). The molecule has 3 aromatic rings. The van der Waals surface area contributed by atoms with Gasteiger partial charge < -0.3 is 5.32 Å². The largest absolute Gasteiger partial charge is 0.388 e. The zero-order chi connectivity index (χ0) is 25.9. The van der Waals surface area contributed by atoms with Gasteiger partial charge in [-0.05, 0) is 68.3 Å². The lowest BCUT2D eigenvalue weighted by Gasteiger charge is -2.33. The minimum atomic E-state index is 0.634. The number of aryl methyl sites for hydroxylation is 2. The molecule has 1 N–H and O–H groups in total. The van der Waals surface area contributed by atoms with Crippen molar-refractivity contribution in [2.75, 3.05) is 19.6 Å². The van der Waals surface area contributed by atoms with Crippen molar-refractivity contribution in [3.63, 3.8) is 0 Å². The van der Waals surface area contributed by atoms with Crippen LogP contribution in [0.4, 0.5) is 0 Å². The fourth-order valence-electron chi connectivity index (χ4n) is 4.54. The van der Waals surface area contributed by atoms with Crippen LogP contribution < -0.4 is 5.32 Å². The van der Waals surface area contributed by atoms with Crippen LogP contribution in [0.5, 0.6) is 0 Å². The molecule has 0 bridgehead atoms. The van der Waals surface area contributed by atoms with E-state index in [1.165, 1.54) is 29.5 Å². The number of hydrogen-bond acceptors (Lipinski definition) is 4. The van der Waals surface area contributed by atoms with Crippen LogP contribution in [0.15, 0.2) is 67.1 Å². The maximum Gasteiger partial charge on any atom is 0.128 e. The lowest BCUT2D eigenvalue weighted by atomic mass is 9.97. The molecule has 192 valence electrons. The van der Waals surface area contributed by atoms with Crippen molar-refractivity contribution in [1.29, 1.82) is 0 Å². The molecule has 4 nitrogen and oxygen atoms in total. The van der Waals surface area contributed by atoms with E-state index in [2.05, 4.69) is 77.0 Å². The third-order valence-electron chi connectivity index (χ3n) is 6.76. The summed E-state index contributed by atoms with van der Waals surface area (Å²) in [6, 6.07) is 14.7. The molecular weight excluding hydrogens is 464 g/mol. The van der Waals surface area contributed by atoms with Gasteiger partial charge in [0.15, 0.2) is 0 Å². The number of hydrogen-bond donors (Lipinski definition) is 1. The van der Waals surface area contributed by atoms with Crippen molar-refractivity contribution in [2.45, 2.75) is 59.9 Å². The highest BCUT2D eigenvalue weighted by molar-refractivity contribution is 6.31. The van der Waals surface area contributed by atoms with Gasteiger partial charge >= 0.3 is 0 Å². The third-order valence-corrected chi connectivity index (χ3v) is 7.17. The molecule has 0 amide bonds. The number of nitrogens with zero attached hydrogens (tertiary/aromatic N) is 3. The normalized spacial score (nSPS) is 15.6. The molecule has 1 aliphatic heterocycles. The molecule has 1 unspecified atom stereocenters. The van der Waals surface area contributed by atoms with E-state index in [1.807, 2.05) is 32.3 Å². The third kappa shape index (κ3) is 8.18. The van der Waals surface area contributed by atoms with Crippen molar-refractivity contribution < 1.29 is 0 Å². The van der Waals surface area contributed by atoms with Crippen molar-refractivity contribution in [3.05, 3.63) is 94.7 Å². The summed E-state index contributed by atoms with van der Waals surface area (Å²) in [5, 5.41) is 4.43. The molecule has 0 radical (unpaired) electrons. The van der Waals surface area contributed by atoms with E-state index in [0.29, 0.717) is 5.92 Å². The number of piperidine rings is 1. The van der Waals surface area contributed by atoms with Crippen LogP contribution in [0.2, 0.25) is 5.02 Å². The molecule has 5 heteroatoms. The number of rotatable bonds is 9. The molecule has 1 atom stereocenters. The summed E-state index contributed by atoms with van der Waals surface area (Å²) in [7, 11) is 0. The standard InChI is InChI=1S/C29H35ClN4.C2H6/c1-21-9-12-25(13-10-21)27-17-32-29(33-18-27)14-11-22(2)31-16-24-6-5-15-34(19-24)20-26-7-4-8-28(30)23(26)3;1-2/h4,7-10,12-13,17-18,24,31H,2,5-6,11,14-16,19-20H2,1,3H3;1-2H3. The van der Waals surface area contributed by atoms with Crippen molar-refractivity contribution in [3.8, 4) is 11.1 Å². The lowest BCUT2D eigenvalue weighted by Crippen LogP contribution is -2.39. The second-order valence-corrected chi connectivity index (χ2v) is 9.91. The average molecular weight is 505 g/mol. The van der Waals surface area contributed by atoms with Gasteiger partial charge in [0, 0.05) is 54.7 Å². The Balaban J connectivity index is 0.00000176. The van der Waals surface area contributed by atoms with E-state index in [9.17, 15) is 0 Å². The highest BCUT2D eigenvalue weighted by atomic mass is 35.5. The Kier molecular flexibility index (Phi) is 11.0. The van der Waals surface area contributed by atoms with E-state index < -0.39 is 0 Å². The second-order valence-electron chi connectivity index (χ2n) is 9.51. The molecule has 0 saturated carbocycles. The maximum atomic E-state index is 6.31. The van der Waals surface area contributed by atoms with E-state index in [4.69, 9.17) is 11.6 Å². The number of nitrogens with one attached hydrogen (secondary N) is 1. The highest BCUT2D eigenvalue weighted by Crippen LogP contribution is 2.23. The van der Waals surface area contributed by atoms with Crippen LogP contribution in [0.1, 0.15) is 55.6 Å². The molecule has 1 fully saturated rings. The Bertz CT molecular complexity index is 1090. The molecule has 1 aliphatic rings. The zero-order valence-electron chi connectivity index (χ0n) is 22.4. The number of benzene rings is 2. The second kappa shape index (κ2) is 14.2. The number of allylic oxidation sites excluding steroid dienone is 1. The van der Waals surface area contributed by atoms with Gasteiger partial charge in [-0.1, -0.05) is 74.0 Å². The lowest BCUT2D eigenvalue weighted by molar-refractivity contribution is 0.166. The number of halogens is 1. The summed E-state index contributed by atoms with van der Waals surface area (Å²) < 4.78 is 0. The SMILES string of the molecule is C=C(CCc1ncc(-c2ccc(C)cc2)cn1)NCC1CCCN(Cc2cccc(Cl)c2C)C1.CC. The predicted molar refractivity (Wildman–Crippen MR) is 153 cm³/mol. The first-order valence-electron chi connectivity index (χ1n) is 13.2. The van der Waals surface area contributed by atoms with E-state index in [-0.39, 0.29) is 0 Å². The summed E-state index contributed by atoms with van der Waals surface area (Å²) in [6.45, 7) is 16.7. The Morgan fingerprint density at radius 1 is 1.06 bits per heavy atom. The first-order chi connectivity index (χ1) is 17.5. The Hall–Kier alpha value is -2.69. The van der Waals surface area contributed by atoms with Crippen LogP contribution in [0.25, 0.3) is 11.1 Å². The predicted octanol–water partition coefficient (Wildman–Crippen LogP) is 7.39. The van der Waals surface area contributed by atoms with Gasteiger partial charge in [-0.2, -0.15) is 0 Å². The van der Waals surface area contributed by atoms with Gasteiger partial charge in [0.2, 0.25) is 0 Å². The van der Waals surface area contributed by atoms with Crippen molar-refractivity contribution in [2.24, 2.45) is 5.92 Å². The number of likely N-dealkylation sites (tertiary alicyclic amines) is 1. The summed E-state index contributed by atoms with van der Waals surface area (Å²) >= 11 is 6.31. The highest BCUT2D eigenvalue weighted by Gasteiger charge is 2.20. The smallest absolute Gasteiger partial charge is 0.128 e. The summed E-state index contributed by atoms with van der Waals surface area (Å²) in [6.07, 6.45) is 7.98. The quantitative estimate of drug-likeness (QED) is 0.330. The fourth-order valence-corrected chi connectivity index (χ4v) is 4.74. The average Bonchev–Trinajstić information content (AvgIpc) is 2.91. The van der Waals surface area contributed by atoms with Gasteiger partial charge in [-0.25, -0.2) is 9.97 Å². The minimum absolute atomic E-state index is 0.634. The molecule has 2 heterocycles. The van der Waals surface area contributed by atoms with Gasteiger partial charge in [-0.3, -0.25) is 4.90 Å². The van der Waals surface area contributed by atoms with Crippen LogP contribution in [0, 0.1) is 19.8 Å². The Morgan fingerprint density at radius 3 is 2.50 bits per heavy atom. The van der Waals surface area contributed by atoms with Gasteiger partial charge in [0.1, 0.15) is 5.82 Å². The number of aromatic nitrogens is 2. The van der Waals surface area contributed by atoms with Crippen molar-refractivity contribution in [1.82, 2.24) is 20.2 Å². The molecule has 0 spiro atoms. The molecular formula is C31H41ClN4. The molecule has 2 aromatic carbocycles. The topological polar surface area (TPSA) is 41.1 Å². The first-order valence-corrected chi connectivity index (χ1v) is 13.6. The van der Waals surface area contributed by atoms with Crippen LogP contribution in [-0.2, 0) is 13.0 Å². The minimum Gasteiger partial charge on any atom is -0.388 e. The van der Waals surface area contributed by atoms with Crippen LogP contribution in [-0.4, -0.2) is 34.5 Å². The monoisotopic (exact) mass is 504 g/mol. The van der Waals surface area contributed by atoms with Crippen LogP contribution >= 0.6 is 11.6 Å². The van der Waals surface area contributed by atoms with E-state index in [1.54, 1.807) is 0 Å². The van der Waals surface area contributed by atoms with Gasteiger partial charge in [0.05, 0.1) is 0 Å². The Labute approximate surface area is 222 Å². The zero-order valence-corrected chi connectivity index (χ0v) is 23.1. The van der Waals surface area contributed by atoms with Gasteiger partial charge in [0.25, 0.3) is 0 Å². The van der Waals surface area contributed by atoms with Gasteiger partial charge in [-0.15, -0.1) is 0 Å².